The number of hydrogen-bond acceptors (Lipinski definition) is 4. The lowest BCUT2D eigenvalue weighted by Gasteiger charge is -2.13. The van der Waals surface area contributed by atoms with Gasteiger partial charge in [0.1, 0.15) is 0 Å². The highest BCUT2D eigenvalue weighted by molar-refractivity contribution is 5.65. The average Bonchev–Trinajstić information content (AvgIpc) is 2.82. The Labute approximate surface area is 98.2 Å². The third-order valence-electron chi connectivity index (χ3n) is 2.82. The number of amides is 1. The molecule has 7 nitrogen and oxygen atoms in total. The van der Waals surface area contributed by atoms with Crippen LogP contribution < -0.4 is 4.74 Å². The van der Waals surface area contributed by atoms with Crippen LogP contribution in [0.4, 0.5) is 4.79 Å². The van der Waals surface area contributed by atoms with Crippen LogP contribution in [0, 0.1) is 5.92 Å². The van der Waals surface area contributed by atoms with Gasteiger partial charge in [-0.05, 0) is 0 Å². The van der Waals surface area contributed by atoms with Gasteiger partial charge in [-0.1, -0.05) is 0 Å². The Balaban J connectivity index is 1.85. The van der Waals surface area contributed by atoms with Crippen molar-refractivity contribution in [3.8, 4) is 5.75 Å². The first kappa shape index (κ1) is 11.7. The molecule has 1 saturated heterocycles. The number of β-amino-alcohol motifs (C(OH)–C–C–N with tert-alkyl or cyclic N) is 1. The van der Waals surface area contributed by atoms with Crippen molar-refractivity contribution >= 4 is 6.09 Å². The molecule has 7 heteroatoms. The number of aromatic nitrogens is 2. The number of hydrogen-bond donors (Lipinski definition) is 2. The average molecular weight is 241 g/mol. The van der Waals surface area contributed by atoms with Crippen molar-refractivity contribution in [3.63, 3.8) is 0 Å². The summed E-state index contributed by atoms with van der Waals surface area (Å²) in [5.74, 6) is 0.430. The molecular weight excluding hydrogens is 226 g/mol. The van der Waals surface area contributed by atoms with Gasteiger partial charge in [-0.15, -0.1) is 0 Å². The summed E-state index contributed by atoms with van der Waals surface area (Å²) >= 11 is 0. The summed E-state index contributed by atoms with van der Waals surface area (Å²) < 4.78 is 7.06. The highest BCUT2D eigenvalue weighted by Crippen LogP contribution is 2.19. The van der Waals surface area contributed by atoms with Gasteiger partial charge >= 0.3 is 6.09 Å². The Morgan fingerprint density at radius 3 is 2.94 bits per heavy atom. The number of aliphatic hydroxyl groups excluding tert-OH is 1. The fraction of sp³-hybridized carbons (Fsp3) is 0.600. The highest BCUT2D eigenvalue weighted by atomic mass is 16.5. The van der Waals surface area contributed by atoms with Gasteiger partial charge in [0.15, 0.2) is 5.75 Å². The molecule has 1 aliphatic rings. The first-order valence-electron chi connectivity index (χ1n) is 5.33. The molecule has 2 atom stereocenters. The van der Waals surface area contributed by atoms with Crippen molar-refractivity contribution in [2.45, 2.75) is 6.10 Å². The Morgan fingerprint density at radius 2 is 2.41 bits per heavy atom. The second kappa shape index (κ2) is 4.62. The van der Waals surface area contributed by atoms with Crippen LogP contribution in [-0.4, -0.2) is 56.8 Å². The molecule has 0 spiro atoms. The maximum absolute atomic E-state index is 10.7. The van der Waals surface area contributed by atoms with Crippen molar-refractivity contribution in [1.82, 2.24) is 14.7 Å². The molecule has 1 aromatic heterocycles. The summed E-state index contributed by atoms with van der Waals surface area (Å²) in [5, 5.41) is 22.4. The summed E-state index contributed by atoms with van der Waals surface area (Å²) in [6, 6.07) is 0. The lowest BCUT2D eigenvalue weighted by atomic mass is 10.1. The SMILES string of the molecule is Cn1cc(OC[C@H]2CN(C(=O)O)C[C@@H]2O)cn1. The normalized spacial score (nSPS) is 24.0. The summed E-state index contributed by atoms with van der Waals surface area (Å²) in [6.45, 7) is 0.740. The van der Waals surface area contributed by atoms with E-state index in [2.05, 4.69) is 5.10 Å². The molecule has 1 amide bonds. The maximum atomic E-state index is 10.7. The van der Waals surface area contributed by atoms with Gasteiger partial charge in [0, 0.05) is 19.5 Å². The molecule has 2 N–H and O–H groups in total. The predicted molar refractivity (Wildman–Crippen MR) is 57.8 cm³/mol. The lowest BCUT2D eigenvalue weighted by molar-refractivity contribution is 0.109. The van der Waals surface area contributed by atoms with E-state index in [4.69, 9.17) is 9.84 Å². The van der Waals surface area contributed by atoms with Crippen molar-refractivity contribution in [2.75, 3.05) is 19.7 Å². The molecule has 0 radical (unpaired) electrons. The topological polar surface area (TPSA) is 87.8 Å². The second-order valence-electron chi connectivity index (χ2n) is 4.18. The molecule has 2 rings (SSSR count). The van der Waals surface area contributed by atoms with Crippen LogP contribution >= 0.6 is 0 Å². The Morgan fingerprint density at radius 1 is 1.65 bits per heavy atom. The van der Waals surface area contributed by atoms with Crippen molar-refractivity contribution < 1.29 is 19.7 Å². The number of ether oxygens (including phenoxy) is 1. The van der Waals surface area contributed by atoms with E-state index in [1.54, 1.807) is 24.1 Å². The maximum Gasteiger partial charge on any atom is 0.407 e. The molecule has 0 aromatic carbocycles. The fourth-order valence-electron chi connectivity index (χ4n) is 1.85. The number of aryl methyl sites for hydroxylation is 1. The Bertz CT molecular complexity index is 406. The Hall–Kier alpha value is -1.76. The molecule has 17 heavy (non-hydrogen) atoms. The number of carboxylic acid groups (broad SMARTS) is 1. The third kappa shape index (κ3) is 2.68. The molecular formula is C10H15N3O4. The fourth-order valence-corrected chi connectivity index (χ4v) is 1.85. The summed E-state index contributed by atoms with van der Waals surface area (Å²) in [7, 11) is 1.78. The van der Waals surface area contributed by atoms with Crippen LogP contribution in [0.25, 0.3) is 0 Å². The number of aliphatic hydroxyl groups is 1. The van der Waals surface area contributed by atoms with E-state index >= 15 is 0 Å². The first-order valence-corrected chi connectivity index (χ1v) is 5.33. The summed E-state index contributed by atoms with van der Waals surface area (Å²) in [5.41, 5.74) is 0. The van der Waals surface area contributed by atoms with Gasteiger partial charge < -0.3 is 19.8 Å². The number of rotatable bonds is 3. The number of carbonyl (C=O) groups is 1. The zero-order valence-electron chi connectivity index (χ0n) is 9.48. The molecule has 1 fully saturated rings. The van der Waals surface area contributed by atoms with Crippen molar-refractivity contribution in [2.24, 2.45) is 13.0 Å². The van der Waals surface area contributed by atoms with Crippen LogP contribution in [-0.2, 0) is 7.05 Å². The number of nitrogens with zero attached hydrogens (tertiary/aromatic N) is 3. The van der Waals surface area contributed by atoms with Gasteiger partial charge in [-0.3, -0.25) is 4.68 Å². The van der Waals surface area contributed by atoms with Crippen LogP contribution in [0.2, 0.25) is 0 Å². The second-order valence-corrected chi connectivity index (χ2v) is 4.18. The van der Waals surface area contributed by atoms with Crippen LogP contribution in [0.5, 0.6) is 5.75 Å². The van der Waals surface area contributed by atoms with E-state index in [-0.39, 0.29) is 19.1 Å². The monoisotopic (exact) mass is 241 g/mol. The van der Waals surface area contributed by atoms with E-state index in [0.29, 0.717) is 12.3 Å². The van der Waals surface area contributed by atoms with Crippen LogP contribution in [0.3, 0.4) is 0 Å². The predicted octanol–water partition coefficient (Wildman–Crippen LogP) is -0.230. The third-order valence-corrected chi connectivity index (χ3v) is 2.82. The first-order chi connectivity index (χ1) is 8.06. The van der Waals surface area contributed by atoms with Gasteiger partial charge in [-0.25, -0.2) is 4.79 Å². The highest BCUT2D eigenvalue weighted by Gasteiger charge is 2.34. The molecule has 0 saturated carbocycles. The summed E-state index contributed by atoms with van der Waals surface area (Å²) in [4.78, 5) is 11.9. The lowest BCUT2D eigenvalue weighted by Crippen LogP contribution is -2.27. The van der Waals surface area contributed by atoms with Gasteiger partial charge in [0.25, 0.3) is 0 Å². The molecule has 1 aromatic rings. The van der Waals surface area contributed by atoms with E-state index < -0.39 is 12.2 Å². The minimum atomic E-state index is -1.01. The minimum Gasteiger partial charge on any atom is -0.490 e. The van der Waals surface area contributed by atoms with E-state index in [1.165, 1.54) is 4.90 Å². The number of likely N-dealkylation sites (tertiary alicyclic amines) is 1. The zero-order chi connectivity index (χ0) is 12.4. The quantitative estimate of drug-likeness (QED) is 0.763. The smallest absolute Gasteiger partial charge is 0.407 e. The van der Waals surface area contributed by atoms with E-state index in [1.807, 2.05) is 0 Å². The van der Waals surface area contributed by atoms with E-state index in [9.17, 15) is 9.90 Å². The standard InChI is InChI=1S/C10H15N3O4/c1-12-4-8(2-11-12)17-6-7-3-13(10(15)16)5-9(7)14/h2,4,7,9,14H,3,5-6H2,1H3,(H,15,16)/t7-,9+/m1/s1. The zero-order valence-corrected chi connectivity index (χ0v) is 9.48. The molecule has 94 valence electrons. The molecule has 1 aliphatic heterocycles. The van der Waals surface area contributed by atoms with Crippen LogP contribution in [0.15, 0.2) is 12.4 Å². The molecule has 0 bridgehead atoms. The van der Waals surface area contributed by atoms with Crippen molar-refractivity contribution in [1.29, 1.82) is 0 Å². The molecule has 2 heterocycles. The minimum absolute atomic E-state index is 0.149. The van der Waals surface area contributed by atoms with Gasteiger partial charge in [0.05, 0.1) is 31.6 Å². The van der Waals surface area contributed by atoms with E-state index in [0.717, 1.165) is 0 Å². The van der Waals surface area contributed by atoms with Crippen LogP contribution in [0.1, 0.15) is 0 Å². The van der Waals surface area contributed by atoms with Gasteiger partial charge in [0.2, 0.25) is 0 Å². The Kier molecular flexibility index (Phi) is 3.19. The van der Waals surface area contributed by atoms with Gasteiger partial charge in [-0.2, -0.15) is 5.10 Å². The van der Waals surface area contributed by atoms with Crippen molar-refractivity contribution in [3.05, 3.63) is 12.4 Å². The largest absolute Gasteiger partial charge is 0.490 e. The molecule has 0 aliphatic carbocycles. The molecule has 0 unspecified atom stereocenters. The summed E-state index contributed by atoms with van der Waals surface area (Å²) in [6.07, 6.45) is 1.63.